The third-order valence-electron chi connectivity index (χ3n) is 1.76. The average molecular weight is 321 g/mol. The second-order valence-corrected chi connectivity index (χ2v) is 4.05. The number of pyridine rings is 1. The summed E-state index contributed by atoms with van der Waals surface area (Å²) < 4.78 is 8.88. The van der Waals surface area contributed by atoms with E-state index in [-0.39, 0.29) is 37.5 Å². The molecule has 0 aliphatic carbocycles. The van der Waals surface area contributed by atoms with Crippen molar-refractivity contribution < 1.29 is 34.6 Å². The van der Waals surface area contributed by atoms with Crippen LogP contribution in [0.1, 0.15) is 16.8 Å². The zero-order valence-electron chi connectivity index (χ0n) is 10.1. The summed E-state index contributed by atoms with van der Waals surface area (Å²) in [6.45, 7) is 1.12. The zero-order valence-corrected chi connectivity index (χ0v) is 11.8. The Morgan fingerprint density at radius 3 is 1.95 bits per heavy atom. The van der Waals surface area contributed by atoms with E-state index in [0.29, 0.717) is 16.8 Å². The van der Waals surface area contributed by atoms with Gasteiger partial charge in [0.25, 0.3) is 0 Å². The van der Waals surface area contributed by atoms with Gasteiger partial charge in [-0.05, 0) is 6.92 Å². The third kappa shape index (κ3) is 9.77. The minimum absolute atomic E-state index is 0. The maximum Gasteiger partial charge on any atom is 0.466 e. The van der Waals surface area contributed by atoms with Crippen molar-refractivity contribution in [2.75, 3.05) is 0 Å². The van der Waals surface area contributed by atoms with Gasteiger partial charge in [-0.15, -0.1) is 12.4 Å². The molecular weight excluding hydrogens is 303 g/mol. The summed E-state index contributed by atoms with van der Waals surface area (Å²) >= 11 is 0. The number of aryl methyl sites for hydroxylation is 1. The van der Waals surface area contributed by atoms with E-state index in [4.69, 9.17) is 29.5 Å². The maximum atomic E-state index is 9.38. The van der Waals surface area contributed by atoms with Crippen molar-refractivity contribution in [3.63, 3.8) is 0 Å². The van der Waals surface area contributed by atoms with E-state index in [1.54, 1.807) is 6.92 Å². The highest BCUT2D eigenvalue weighted by molar-refractivity contribution is 7.45. The van der Waals surface area contributed by atoms with Gasteiger partial charge in [0.05, 0.1) is 18.9 Å². The van der Waals surface area contributed by atoms with Gasteiger partial charge >= 0.3 is 7.82 Å². The highest BCUT2D eigenvalue weighted by Gasteiger charge is 2.09. The Morgan fingerprint density at radius 2 is 1.63 bits per heavy atom. The monoisotopic (exact) mass is 320 g/mol. The number of phosphoric acid groups is 1. The molecule has 0 fully saturated rings. The number of aromatic nitrogens is 1. The van der Waals surface area contributed by atoms with Crippen LogP contribution in [0.5, 0.6) is 5.75 Å². The molecule has 9 N–H and O–H groups in total. The van der Waals surface area contributed by atoms with Gasteiger partial charge in [0.15, 0.2) is 0 Å². The van der Waals surface area contributed by atoms with E-state index < -0.39 is 7.82 Å². The molecule has 0 saturated heterocycles. The van der Waals surface area contributed by atoms with E-state index in [9.17, 15) is 5.11 Å². The van der Waals surface area contributed by atoms with Crippen molar-refractivity contribution in [3.05, 3.63) is 23.0 Å². The number of nitrogens with zero attached hydrogens (tertiary/aromatic N) is 1. The number of hydrogen-bond acceptors (Lipinski definition) is 6. The van der Waals surface area contributed by atoms with E-state index in [1.165, 1.54) is 6.20 Å². The Morgan fingerprint density at radius 1 is 1.21 bits per heavy atom. The van der Waals surface area contributed by atoms with Gasteiger partial charge in [-0.1, -0.05) is 0 Å². The second kappa shape index (κ2) is 10.1. The van der Waals surface area contributed by atoms with Crippen molar-refractivity contribution in [1.29, 1.82) is 0 Å². The lowest BCUT2D eigenvalue weighted by Crippen LogP contribution is -1.98. The van der Waals surface area contributed by atoms with Gasteiger partial charge in [0.2, 0.25) is 0 Å². The first-order valence-electron chi connectivity index (χ1n) is 4.37. The van der Waals surface area contributed by atoms with Gasteiger partial charge in [-0.25, -0.2) is 4.57 Å². The summed E-state index contributed by atoms with van der Waals surface area (Å²) in [5, 5.41) is 27.0. The first-order valence-corrected chi connectivity index (χ1v) is 5.93. The molecule has 0 aromatic carbocycles. The Balaban J connectivity index is -0.000000320. The Labute approximate surface area is 115 Å². The summed E-state index contributed by atoms with van der Waals surface area (Å²) in [7, 11) is -4.64. The molecule has 0 atom stereocenters. The highest BCUT2D eigenvalue weighted by atomic mass is 35.5. The van der Waals surface area contributed by atoms with Crippen LogP contribution in [-0.4, -0.2) is 35.0 Å². The van der Waals surface area contributed by atoms with Gasteiger partial charge in [0, 0.05) is 17.3 Å². The fraction of sp³-hybridized carbons (Fsp3) is 0.375. The molecule has 1 aromatic rings. The minimum Gasteiger partial charge on any atom is -0.506 e. The van der Waals surface area contributed by atoms with Crippen molar-refractivity contribution in [1.82, 2.24) is 11.1 Å². The van der Waals surface area contributed by atoms with Crippen molar-refractivity contribution in [2.24, 2.45) is 0 Å². The van der Waals surface area contributed by atoms with E-state index in [2.05, 4.69) is 4.98 Å². The van der Waals surface area contributed by atoms with Gasteiger partial charge < -0.3 is 36.2 Å². The third-order valence-corrected chi connectivity index (χ3v) is 1.76. The predicted molar refractivity (Wildman–Crippen MR) is 69.0 cm³/mol. The molecule has 1 aromatic heterocycles. The largest absolute Gasteiger partial charge is 0.506 e. The fourth-order valence-electron chi connectivity index (χ4n) is 0.997. The van der Waals surface area contributed by atoms with Gasteiger partial charge in [-0.3, -0.25) is 4.98 Å². The Kier molecular flexibility index (Phi) is 12.4. The summed E-state index contributed by atoms with van der Waals surface area (Å²) in [5.74, 6) is -0.0379. The van der Waals surface area contributed by atoms with Crippen LogP contribution < -0.4 is 6.15 Å². The normalized spacial score (nSPS) is 9.58. The molecule has 1 heterocycles. The molecule has 11 heteroatoms. The SMILES string of the molecule is Cc1ncc(CO)c(CO)c1O.Cl.N.O=P(O)(O)O. The summed E-state index contributed by atoms with van der Waals surface area (Å²) in [6.07, 6.45) is 1.45. The molecule has 0 radical (unpaired) electrons. The number of halogens is 1. The van der Waals surface area contributed by atoms with Crippen LogP contribution in [0.2, 0.25) is 0 Å². The molecule has 0 aliphatic rings. The zero-order chi connectivity index (χ0) is 13.6. The molecule has 0 spiro atoms. The molecule has 19 heavy (non-hydrogen) atoms. The standard InChI is InChI=1S/C8H11NO3.ClH.H3N.H3O4P/c1-5-8(12)7(4-11)6(3-10)2-9-5;;;1-5(2,3)4/h2,10-12H,3-4H2,1H3;1H;1H3;(H3,1,2,3,4). The van der Waals surface area contributed by atoms with Crippen molar-refractivity contribution in [2.45, 2.75) is 20.1 Å². The quantitative estimate of drug-likeness (QED) is 0.360. The first-order chi connectivity index (χ1) is 7.70. The summed E-state index contributed by atoms with van der Waals surface area (Å²) in [6, 6.07) is 0. The van der Waals surface area contributed by atoms with Crippen LogP contribution in [0, 0.1) is 6.92 Å². The van der Waals surface area contributed by atoms with E-state index >= 15 is 0 Å². The lowest BCUT2D eigenvalue weighted by Gasteiger charge is -2.07. The number of aliphatic hydroxyl groups is 2. The summed E-state index contributed by atoms with van der Waals surface area (Å²) in [4.78, 5) is 25.4. The number of rotatable bonds is 2. The van der Waals surface area contributed by atoms with Crippen LogP contribution in [0.3, 0.4) is 0 Å². The van der Waals surface area contributed by atoms with Crippen LogP contribution in [-0.2, 0) is 17.8 Å². The number of hydrogen-bond donors (Lipinski definition) is 7. The van der Waals surface area contributed by atoms with Gasteiger partial charge in [-0.2, -0.15) is 0 Å². The maximum absolute atomic E-state index is 9.38. The molecule has 114 valence electrons. The molecule has 9 nitrogen and oxygen atoms in total. The summed E-state index contributed by atoms with van der Waals surface area (Å²) in [5.41, 5.74) is 1.27. The van der Waals surface area contributed by atoms with Crippen LogP contribution in [0.4, 0.5) is 0 Å². The highest BCUT2D eigenvalue weighted by Crippen LogP contribution is 2.25. The molecule has 1 rings (SSSR count). The predicted octanol–water partition coefficient (Wildman–Crippen LogP) is -0.265. The molecule has 0 saturated carbocycles. The van der Waals surface area contributed by atoms with Crippen LogP contribution in [0.25, 0.3) is 0 Å². The Hall–Kier alpha value is -0.770. The van der Waals surface area contributed by atoms with Crippen molar-refractivity contribution in [3.8, 4) is 5.75 Å². The number of aliphatic hydroxyl groups excluding tert-OH is 2. The molecule has 0 amide bonds. The minimum atomic E-state index is -4.64. The lowest BCUT2D eigenvalue weighted by molar-refractivity contribution is 0.254. The Bertz CT molecular complexity index is 418. The van der Waals surface area contributed by atoms with Crippen molar-refractivity contribution >= 4 is 20.2 Å². The topological polar surface area (TPSA) is 186 Å². The van der Waals surface area contributed by atoms with Gasteiger partial charge in [0.1, 0.15) is 5.75 Å². The van der Waals surface area contributed by atoms with Crippen LogP contribution in [0.15, 0.2) is 6.20 Å². The molecule has 0 unspecified atom stereocenters. The molecule has 0 bridgehead atoms. The smallest absolute Gasteiger partial charge is 0.466 e. The molecular formula is C8H18ClN2O7P. The average Bonchev–Trinajstić information content (AvgIpc) is 2.19. The lowest BCUT2D eigenvalue weighted by atomic mass is 10.1. The second-order valence-electron chi connectivity index (χ2n) is 3.03. The van der Waals surface area contributed by atoms with E-state index in [1.807, 2.05) is 0 Å². The van der Waals surface area contributed by atoms with Crippen LogP contribution >= 0.6 is 20.2 Å². The first kappa shape index (κ1) is 23.3. The van der Waals surface area contributed by atoms with E-state index in [0.717, 1.165) is 0 Å². The number of aromatic hydroxyl groups is 1. The molecule has 0 aliphatic heterocycles. The fourth-order valence-corrected chi connectivity index (χ4v) is 0.997.